The summed E-state index contributed by atoms with van der Waals surface area (Å²) in [7, 11) is 0.581. The second-order valence-electron chi connectivity index (χ2n) is 5.68. The molecule has 0 radical (unpaired) electrons. The Bertz CT molecular complexity index is 526. The minimum atomic E-state index is -2.97. The van der Waals surface area contributed by atoms with Crippen molar-refractivity contribution in [3.05, 3.63) is 29.8 Å². The molecule has 0 bridgehead atoms. The Kier molecular flexibility index (Phi) is 7.18. The highest BCUT2D eigenvalue weighted by Gasteiger charge is 2.19. The molecule has 1 rings (SSSR count). The molecule has 0 spiro atoms. The van der Waals surface area contributed by atoms with Gasteiger partial charge in [-0.15, -0.1) is 0 Å². The molecule has 0 aromatic heterocycles. The van der Waals surface area contributed by atoms with Crippen molar-refractivity contribution >= 4 is 9.84 Å². The maximum Gasteiger partial charge on any atom is 0.152 e. The summed E-state index contributed by atoms with van der Waals surface area (Å²) in [5.74, 6) is 1.39. The molecule has 21 heavy (non-hydrogen) atoms. The number of benzene rings is 1. The smallest absolute Gasteiger partial charge is 0.152 e. The van der Waals surface area contributed by atoms with Crippen LogP contribution < -0.4 is 10.1 Å². The van der Waals surface area contributed by atoms with Crippen molar-refractivity contribution in [1.29, 1.82) is 0 Å². The minimum absolute atomic E-state index is 0.251. The summed E-state index contributed by atoms with van der Waals surface area (Å²) >= 11 is 0. The predicted octanol–water partition coefficient (Wildman–Crippen LogP) is 2.29. The van der Waals surface area contributed by atoms with E-state index >= 15 is 0 Å². The number of rotatable bonds is 9. The molecule has 1 aromatic carbocycles. The van der Waals surface area contributed by atoms with Gasteiger partial charge in [-0.05, 0) is 63.9 Å². The molecule has 0 saturated carbocycles. The summed E-state index contributed by atoms with van der Waals surface area (Å²) in [5, 5.41) is 2.85. The molecule has 0 saturated heterocycles. The van der Waals surface area contributed by atoms with E-state index in [1.165, 1.54) is 5.56 Å². The van der Waals surface area contributed by atoms with Crippen molar-refractivity contribution in [2.45, 2.75) is 31.9 Å². The lowest BCUT2D eigenvalue weighted by molar-refractivity contribution is 0.413. The van der Waals surface area contributed by atoms with Gasteiger partial charge in [-0.25, -0.2) is 8.42 Å². The zero-order chi connectivity index (χ0) is 15.9. The third-order valence-corrected chi connectivity index (χ3v) is 5.92. The van der Waals surface area contributed by atoms with Gasteiger partial charge in [0.25, 0.3) is 0 Å². The van der Waals surface area contributed by atoms with Crippen LogP contribution >= 0.6 is 0 Å². The fourth-order valence-electron chi connectivity index (χ4n) is 2.26. The molecule has 0 aliphatic heterocycles. The van der Waals surface area contributed by atoms with Gasteiger partial charge in [0, 0.05) is 0 Å². The SMILES string of the molecule is CNCC(CCS(=O)(=O)C(C)C)Cc1cccc(OC)c1. The van der Waals surface area contributed by atoms with Crippen LogP contribution in [-0.4, -0.2) is 40.1 Å². The largest absolute Gasteiger partial charge is 0.497 e. The van der Waals surface area contributed by atoms with Gasteiger partial charge in [0.1, 0.15) is 5.75 Å². The first kappa shape index (κ1) is 18.0. The number of sulfone groups is 1. The van der Waals surface area contributed by atoms with Crippen molar-refractivity contribution in [1.82, 2.24) is 5.32 Å². The van der Waals surface area contributed by atoms with Crippen LogP contribution in [-0.2, 0) is 16.3 Å². The lowest BCUT2D eigenvalue weighted by Gasteiger charge is -2.18. The zero-order valence-electron chi connectivity index (χ0n) is 13.4. The fraction of sp³-hybridized carbons (Fsp3) is 0.625. The van der Waals surface area contributed by atoms with Gasteiger partial charge in [-0.1, -0.05) is 12.1 Å². The van der Waals surface area contributed by atoms with Gasteiger partial charge >= 0.3 is 0 Å². The third kappa shape index (κ3) is 6.06. The molecule has 5 heteroatoms. The van der Waals surface area contributed by atoms with E-state index in [1.54, 1.807) is 21.0 Å². The van der Waals surface area contributed by atoms with Crippen molar-refractivity contribution in [2.75, 3.05) is 26.5 Å². The summed E-state index contributed by atoms with van der Waals surface area (Å²) in [5.41, 5.74) is 1.18. The molecular formula is C16H27NO3S. The van der Waals surface area contributed by atoms with Crippen molar-refractivity contribution in [3.8, 4) is 5.75 Å². The Hall–Kier alpha value is -1.07. The third-order valence-electron chi connectivity index (χ3n) is 3.68. The lowest BCUT2D eigenvalue weighted by atomic mass is 9.97. The molecule has 4 nitrogen and oxygen atoms in total. The first-order valence-corrected chi connectivity index (χ1v) is 9.09. The second kappa shape index (κ2) is 8.39. The zero-order valence-corrected chi connectivity index (χ0v) is 14.2. The molecule has 1 atom stereocenters. The van der Waals surface area contributed by atoms with Crippen LogP contribution in [0.15, 0.2) is 24.3 Å². The summed E-state index contributed by atoms with van der Waals surface area (Å²) < 4.78 is 29.1. The lowest BCUT2D eigenvalue weighted by Crippen LogP contribution is -2.25. The van der Waals surface area contributed by atoms with Gasteiger partial charge in [-0.2, -0.15) is 0 Å². The van der Waals surface area contributed by atoms with E-state index in [-0.39, 0.29) is 11.0 Å². The molecule has 1 aromatic rings. The number of hydrogen-bond donors (Lipinski definition) is 1. The molecule has 0 fully saturated rings. The first-order chi connectivity index (χ1) is 9.89. The summed E-state index contributed by atoms with van der Waals surface area (Å²) in [4.78, 5) is 0. The first-order valence-electron chi connectivity index (χ1n) is 7.38. The highest BCUT2D eigenvalue weighted by Crippen LogP contribution is 2.18. The second-order valence-corrected chi connectivity index (χ2v) is 8.36. The molecule has 120 valence electrons. The van der Waals surface area contributed by atoms with E-state index < -0.39 is 9.84 Å². The van der Waals surface area contributed by atoms with E-state index in [0.29, 0.717) is 12.3 Å². The number of ether oxygens (including phenoxy) is 1. The summed E-state index contributed by atoms with van der Waals surface area (Å²) in [6.07, 6.45) is 1.53. The normalized spacial score (nSPS) is 13.4. The Labute approximate surface area is 128 Å². The Morgan fingerprint density at radius 1 is 1.29 bits per heavy atom. The maximum absolute atomic E-state index is 12.0. The molecule has 0 aliphatic carbocycles. The molecule has 1 N–H and O–H groups in total. The standard InChI is InChI=1S/C16H27NO3S/c1-13(2)21(18,19)9-8-15(12-17-3)10-14-6-5-7-16(11-14)20-4/h5-7,11,13,15,17H,8-10,12H2,1-4H3. The van der Waals surface area contributed by atoms with Crippen LogP contribution in [0.4, 0.5) is 0 Å². The average molecular weight is 313 g/mol. The highest BCUT2D eigenvalue weighted by molar-refractivity contribution is 7.91. The van der Waals surface area contributed by atoms with Crippen LogP contribution in [0.2, 0.25) is 0 Å². The highest BCUT2D eigenvalue weighted by atomic mass is 32.2. The van der Waals surface area contributed by atoms with Crippen molar-refractivity contribution < 1.29 is 13.2 Å². The monoisotopic (exact) mass is 313 g/mol. The van der Waals surface area contributed by atoms with Crippen LogP contribution in [0.25, 0.3) is 0 Å². The Morgan fingerprint density at radius 2 is 2.00 bits per heavy atom. The Balaban J connectivity index is 2.69. The van der Waals surface area contributed by atoms with E-state index in [1.807, 2.05) is 25.2 Å². The van der Waals surface area contributed by atoms with Crippen LogP contribution in [0.1, 0.15) is 25.8 Å². The maximum atomic E-state index is 12.0. The predicted molar refractivity (Wildman–Crippen MR) is 87.7 cm³/mol. The van der Waals surface area contributed by atoms with Gasteiger partial charge in [0.15, 0.2) is 9.84 Å². The van der Waals surface area contributed by atoms with E-state index in [9.17, 15) is 8.42 Å². The van der Waals surface area contributed by atoms with Crippen molar-refractivity contribution in [3.63, 3.8) is 0 Å². The van der Waals surface area contributed by atoms with E-state index in [0.717, 1.165) is 18.7 Å². The van der Waals surface area contributed by atoms with E-state index in [4.69, 9.17) is 4.74 Å². The van der Waals surface area contributed by atoms with Crippen LogP contribution in [0.5, 0.6) is 5.75 Å². The van der Waals surface area contributed by atoms with Gasteiger partial charge in [0.2, 0.25) is 0 Å². The number of hydrogen-bond acceptors (Lipinski definition) is 4. The van der Waals surface area contributed by atoms with Gasteiger partial charge < -0.3 is 10.1 Å². The van der Waals surface area contributed by atoms with Gasteiger partial charge in [-0.3, -0.25) is 0 Å². The van der Waals surface area contributed by atoms with Crippen LogP contribution in [0.3, 0.4) is 0 Å². The number of methoxy groups -OCH3 is 1. The molecule has 0 heterocycles. The quantitative estimate of drug-likeness (QED) is 0.760. The molecular weight excluding hydrogens is 286 g/mol. The van der Waals surface area contributed by atoms with Crippen LogP contribution in [0, 0.1) is 5.92 Å². The number of nitrogens with one attached hydrogen (secondary N) is 1. The molecule has 1 unspecified atom stereocenters. The molecule has 0 aliphatic rings. The average Bonchev–Trinajstić information content (AvgIpc) is 2.45. The summed E-state index contributed by atoms with van der Waals surface area (Å²) in [6, 6.07) is 7.96. The fourth-order valence-corrected chi connectivity index (χ4v) is 3.40. The molecule has 0 amide bonds. The minimum Gasteiger partial charge on any atom is -0.497 e. The van der Waals surface area contributed by atoms with Crippen molar-refractivity contribution in [2.24, 2.45) is 5.92 Å². The van der Waals surface area contributed by atoms with E-state index in [2.05, 4.69) is 11.4 Å². The topological polar surface area (TPSA) is 55.4 Å². The summed E-state index contributed by atoms with van der Waals surface area (Å²) in [6.45, 7) is 4.29. The van der Waals surface area contributed by atoms with Gasteiger partial charge in [0.05, 0.1) is 18.1 Å². The Morgan fingerprint density at radius 3 is 2.57 bits per heavy atom.